The SMILES string of the molecule is OCC1(Cc2ccc(C(F)(F)F)cc2)CCCCN1. The predicted octanol–water partition coefficient (Wildman–Crippen LogP) is 2.75. The molecule has 1 aliphatic rings. The molecule has 0 radical (unpaired) electrons. The number of halogens is 3. The van der Waals surface area contributed by atoms with Crippen LogP contribution in [0.15, 0.2) is 24.3 Å². The zero-order chi connectivity index (χ0) is 13.9. The molecule has 106 valence electrons. The summed E-state index contributed by atoms with van der Waals surface area (Å²) in [6.07, 6.45) is -0.772. The van der Waals surface area contributed by atoms with Crippen LogP contribution in [0.2, 0.25) is 0 Å². The Morgan fingerprint density at radius 1 is 1.16 bits per heavy atom. The Hall–Kier alpha value is -1.07. The highest BCUT2D eigenvalue weighted by molar-refractivity contribution is 5.26. The average Bonchev–Trinajstić information content (AvgIpc) is 2.39. The Balaban J connectivity index is 2.10. The lowest BCUT2D eigenvalue weighted by atomic mass is 9.84. The molecule has 1 saturated heterocycles. The highest BCUT2D eigenvalue weighted by atomic mass is 19.4. The van der Waals surface area contributed by atoms with Gasteiger partial charge in [-0.3, -0.25) is 0 Å². The summed E-state index contributed by atoms with van der Waals surface area (Å²) < 4.78 is 37.4. The number of aliphatic hydroxyl groups is 1. The second kappa shape index (κ2) is 5.51. The number of rotatable bonds is 3. The van der Waals surface area contributed by atoms with E-state index >= 15 is 0 Å². The van der Waals surface area contributed by atoms with Crippen LogP contribution in [-0.2, 0) is 12.6 Å². The molecule has 1 heterocycles. The largest absolute Gasteiger partial charge is 0.416 e. The summed E-state index contributed by atoms with van der Waals surface area (Å²) in [6.45, 7) is 0.856. The zero-order valence-electron chi connectivity index (χ0n) is 10.6. The molecule has 2 rings (SSSR count). The molecular weight excluding hydrogens is 255 g/mol. The first kappa shape index (κ1) is 14.3. The first-order valence-corrected chi connectivity index (χ1v) is 6.47. The van der Waals surface area contributed by atoms with E-state index in [0.29, 0.717) is 6.42 Å². The third-order valence-electron chi connectivity index (χ3n) is 3.71. The van der Waals surface area contributed by atoms with Gasteiger partial charge >= 0.3 is 6.18 Å². The number of hydrogen-bond donors (Lipinski definition) is 2. The molecule has 5 heteroatoms. The van der Waals surface area contributed by atoms with Crippen molar-refractivity contribution in [1.29, 1.82) is 0 Å². The van der Waals surface area contributed by atoms with Gasteiger partial charge in [-0.05, 0) is 43.5 Å². The van der Waals surface area contributed by atoms with Gasteiger partial charge < -0.3 is 10.4 Å². The third kappa shape index (κ3) is 3.48. The lowest BCUT2D eigenvalue weighted by Crippen LogP contribution is -2.53. The number of hydrogen-bond acceptors (Lipinski definition) is 2. The fourth-order valence-corrected chi connectivity index (χ4v) is 2.57. The molecule has 0 saturated carbocycles. The van der Waals surface area contributed by atoms with E-state index < -0.39 is 11.7 Å². The monoisotopic (exact) mass is 273 g/mol. The van der Waals surface area contributed by atoms with Crippen molar-refractivity contribution in [2.75, 3.05) is 13.2 Å². The minimum Gasteiger partial charge on any atom is -0.394 e. The summed E-state index contributed by atoms with van der Waals surface area (Å²) in [7, 11) is 0. The van der Waals surface area contributed by atoms with Crippen molar-refractivity contribution >= 4 is 0 Å². The number of nitrogens with one attached hydrogen (secondary N) is 1. The van der Waals surface area contributed by atoms with Crippen molar-refractivity contribution in [2.45, 2.75) is 37.4 Å². The Bertz CT molecular complexity index is 408. The van der Waals surface area contributed by atoms with E-state index in [1.807, 2.05) is 0 Å². The molecule has 0 bridgehead atoms. The van der Waals surface area contributed by atoms with Crippen LogP contribution in [0.1, 0.15) is 30.4 Å². The summed E-state index contributed by atoms with van der Waals surface area (Å²) in [6, 6.07) is 5.19. The van der Waals surface area contributed by atoms with Gasteiger partial charge in [-0.2, -0.15) is 13.2 Å². The molecule has 1 fully saturated rings. The minimum absolute atomic E-state index is 0.00796. The highest BCUT2D eigenvalue weighted by Gasteiger charge is 2.32. The Morgan fingerprint density at radius 2 is 1.84 bits per heavy atom. The van der Waals surface area contributed by atoms with Gasteiger partial charge in [-0.1, -0.05) is 18.6 Å². The molecule has 2 nitrogen and oxygen atoms in total. The van der Waals surface area contributed by atoms with Crippen molar-refractivity contribution in [1.82, 2.24) is 5.32 Å². The second-order valence-corrected chi connectivity index (χ2v) is 5.19. The maximum atomic E-state index is 12.5. The van der Waals surface area contributed by atoms with Crippen molar-refractivity contribution in [3.8, 4) is 0 Å². The van der Waals surface area contributed by atoms with E-state index in [9.17, 15) is 18.3 Å². The Labute approximate surface area is 110 Å². The molecular formula is C14H18F3NO. The van der Waals surface area contributed by atoms with Crippen LogP contribution in [0.25, 0.3) is 0 Å². The lowest BCUT2D eigenvalue weighted by molar-refractivity contribution is -0.137. The fraction of sp³-hybridized carbons (Fsp3) is 0.571. The maximum absolute atomic E-state index is 12.5. The van der Waals surface area contributed by atoms with E-state index in [4.69, 9.17) is 0 Å². The van der Waals surface area contributed by atoms with Crippen LogP contribution in [0, 0.1) is 0 Å². The van der Waals surface area contributed by atoms with E-state index in [0.717, 1.165) is 43.5 Å². The molecule has 0 aromatic heterocycles. The van der Waals surface area contributed by atoms with Gasteiger partial charge in [0.25, 0.3) is 0 Å². The van der Waals surface area contributed by atoms with Crippen molar-refractivity contribution < 1.29 is 18.3 Å². The van der Waals surface area contributed by atoms with Crippen LogP contribution >= 0.6 is 0 Å². The summed E-state index contributed by atoms with van der Waals surface area (Å²) in [4.78, 5) is 0. The van der Waals surface area contributed by atoms with Gasteiger partial charge in [0, 0.05) is 5.54 Å². The van der Waals surface area contributed by atoms with Gasteiger partial charge in [-0.15, -0.1) is 0 Å². The van der Waals surface area contributed by atoms with Crippen LogP contribution in [0.5, 0.6) is 0 Å². The molecule has 2 N–H and O–H groups in total. The normalized spacial score (nSPS) is 24.4. The van der Waals surface area contributed by atoms with E-state index in [-0.39, 0.29) is 12.1 Å². The van der Waals surface area contributed by atoms with E-state index in [2.05, 4.69) is 5.32 Å². The number of aliphatic hydroxyl groups excluding tert-OH is 1. The van der Waals surface area contributed by atoms with Crippen LogP contribution in [0.3, 0.4) is 0 Å². The van der Waals surface area contributed by atoms with Crippen molar-refractivity contribution in [3.05, 3.63) is 35.4 Å². The molecule has 1 aromatic carbocycles. The van der Waals surface area contributed by atoms with Gasteiger partial charge in [0.15, 0.2) is 0 Å². The molecule has 1 atom stereocenters. The van der Waals surface area contributed by atoms with Crippen LogP contribution < -0.4 is 5.32 Å². The molecule has 0 aliphatic carbocycles. The van der Waals surface area contributed by atoms with Crippen LogP contribution in [0.4, 0.5) is 13.2 Å². The minimum atomic E-state index is -4.30. The molecule has 1 aliphatic heterocycles. The van der Waals surface area contributed by atoms with Crippen molar-refractivity contribution in [3.63, 3.8) is 0 Å². The molecule has 1 aromatic rings. The van der Waals surface area contributed by atoms with Crippen LogP contribution in [-0.4, -0.2) is 23.8 Å². The van der Waals surface area contributed by atoms with Crippen molar-refractivity contribution in [2.24, 2.45) is 0 Å². The second-order valence-electron chi connectivity index (χ2n) is 5.19. The highest BCUT2D eigenvalue weighted by Crippen LogP contribution is 2.30. The lowest BCUT2D eigenvalue weighted by Gasteiger charge is -2.37. The van der Waals surface area contributed by atoms with E-state index in [1.54, 1.807) is 0 Å². The molecule has 0 spiro atoms. The smallest absolute Gasteiger partial charge is 0.394 e. The number of benzene rings is 1. The third-order valence-corrected chi connectivity index (χ3v) is 3.71. The summed E-state index contributed by atoms with van der Waals surface area (Å²) >= 11 is 0. The predicted molar refractivity (Wildman–Crippen MR) is 66.8 cm³/mol. The van der Waals surface area contributed by atoms with Gasteiger partial charge in [0.2, 0.25) is 0 Å². The van der Waals surface area contributed by atoms with Gasteiger partial charge in [0.05, 0.1) is 12.2 Å². The average molecular weight is 273 g/mol. The first-order chi connectivity index (χ1) is 8.95. The topological polar surface area (TPSA) is 32.3 Å². The number of piperidine rings is 1. The summed E-state index contributed by atoms with van der Waals surface area (Å²) in [5.74, 6) is 0. The first-order valence-electron chi connectivity index (χ1n) is 6.47. The Kier molecular flexibility index (Phi) is 4.16. The molecule has 0 amide bonds. The number of alkyl halides is 3. The van der Waals surface area contributed by atoms with Gasteiger partial charge in [-0.25, -0.2) is 0 Å². The van der Waals surface area contributed by atoms with Gasteiger partial charge in [0.1, 0.15) is 0 Å². The summed E-state index contributed by atoms with van der Waals surface area (Å²) in [5, 5.41) is 12.8. The zero-order valence-corrected chi connectivity index (χ0v) is 10.6. The maximum Gasteiger partial charge on any atom is 0.416 e. The molecule has 1 unspecified atom stereocenters. The quantitative estimate of drug-likeness (QED) is 0.887. The Morgan fingerprint density at radius 3 is 2.32 bits per heavy atom. The standard InChI is InChI=1S/C14H18F3NO/c15-14(16,17)12-5-3-11(4-6-12)9-13(10-19)7-1-2-8-18-13/h3-6,18-19H,1-2,7-10H2. The molecule has 19 heavy (non-hydrogen) atoms. The van der Waals surface area contributed by atoms with E-state index in [1.165, 1.54) is 12.1 Å². The summed E-state index contributed by atoms with van der Waals surface area (Å²) in [5.41, 5.74) is -0.194. The fourth-order valence-electron chi connectivity index (χ4n) is 2.57.